The van der Waals surface area contributed by atoms with Gasteiger partial charge in [-0.15, -0.1) is 0 Å². The first-order valence-corrected chi connectivity index (χ1v) is 4.91. The molecule has 2 heterocycles. The Hall–Kier alpha value is -1.05. The van der Waals surface area contributed by atoms with Crippen LogP contribution in [0.4, 0.5) is 0 Å². The average molecular weight is 175 g/mol. The minimum atomic E-state index is 0.190. The van der Waals surface area contributed by atoms with Crippen molar-refractivity contribution < 1.29 is 0 Å². The lowest BCUT2D eigenvalue weighted by Gasteiger charge is -2.12. The Labute approximate surface area is 77.2 Å². The molecule has 13 heavy (non-hydrogen) atoms. The third-order valence-corrected chi connectivity index (χ3v) is 3.49. The molecule has 2 heteroatoms. The minimum Gasteiger partial charge on any atom is -0.309 e. The molecular weight excluding hydrogens is 162 g/mol. The molecule has 2 nitrogen and oxygen atoms in total. The van der Waals surface area contributed by atoms with Gasteiger partial charge in [0.2, 0.25) is 0 Å². The molecule has 2 aliphatic rings. The molecule has 0 saturated heterocycles. The van der Waals surface area contributed by atoms with Gasteiger partial charge in [0.15, 0.2) is 0 Å². The van der Waals surface area contributed by atoms with Gasteiger partial charge in [-0.05, 0) is 37.8 Å². The normalized spacial score (nSPS) is 34.2. The van der Waals surface area contributed by atoms with E-state index in [9.17, 15) is 4.79 Å². The predicted octanol–water partition coefficient (Wildman–Crippen LogP) is 1.83. The monoisotopic (exact) mass is 175 g/mol. The van der Waals surface area contributed by atoms with Crippen LogP contribution in [-0.2, 0) is 0 Å². The molecule has 1 saturated carbocycles. The van der Waals surface area contributed by atoms with Crippen molar-refractivity contribution in [1.29, 1.82) is 0 Å². The molecule has 3 unspecified atom stereocenters. The van der Waals surface area contributed by atoms with E-state index in [0.29, 0.717) is 12.0 Å². The van der Waals surface area contributed by atoms with Gasteiger partial charge in [0.25, 0.3) is 5.56 Å². The molecule has 1 aromatic rings. The van der Waals surface area contributed by atoms with Crippen molar-refractivity contribution in [2.45, 2.75) is 32.2 Å². The Kier molecular flexibility index (Phi) is 1.17. The lowest BCUT2D eigenvalue weighted by molar-refractivity contribution is 0.503. The first-order valence-electron chi connectivity index (χ1n) is 4.91. The van der Waals surface area contributed by atoms with Crippen LogP contribution in [0.15, 0.2) is 16.9 Å². The van der Waals surface area contributed by atoms with Crippen LogP contribution in [0, 0.1) is 12.8 Å². The van der Waals surface area contributed by atoms with E-state index in [2.05, 4.69) is 13.0 Å². The summed E-state index contributed by atoms with van der Waals surface area (Å²) in [5.41, 5.74) is 2.58. The van der Waals surface area contributed by atoms with Crippen LogP contribution < -0.4 is 5.56 Å². The van der Waals surface area contributed by atoms with Crippen molar-refractivity contribution in [3.63, 3.8) is 0 Å². The first kappa shape index (κ1) is 7.36. The predicted molar refractivity (Wildman–Crippen MR) is 51.0 cm³/mol. The van der Waals surface area contributed by atoms with E-state index in [1.54, 1.807) is 6.07 Å². The van der Waals surface area contributed by atoms with Gasteiger partial charge in [-0.3, -0.25) is 4.79 Å². The SMILES string of the molecule is Cc1cc2n(c(=O)c1)C(C)C1CC21. The fourth-order valence-electron chi connectivity index (χ4n) is 2.74. The highest BCUT2D eigenvalue weighted by molar-refractivity contribution is 5.30. The van der Waals surface area contributed by atoms with Gasteiger partial charge in [-0.1, -0.05) is 0 Å². The van der Waals surface area contributed by atoms with E-state index in [-0.39, 0.29) is 5.56 Å². The number of fused-ring (bicyclic) bond motifs is 3. The summed E-state index contributed by atoms with van der Waals surface area (Å²) in [6, 6.07) is 4.36. The fraction of sp³-hybridized carbons (Fsp3) is 0.545. The Bertz CT molecular complexity index is 432. The highest BCUT2D eigenvalue weighted by Gasteiger charge is 2.50. The summed E-state index contributed by atoms with van der Waals surface area (Å²) in [6.45, 7) is 4.17. The van der Waals surface area contributed by atoms with Gasteiger partial charge in [0.1, 0.15) is 0 Å². The second-order valence-electron chi connectivity index (χ2n) is 4.41. The molecule has 3 atom stereocenters. The van der Waals surface area contributed by atoms with E-state index in [1.165, 1.54) is 12.1 Å². The Morgan fingerprint density at radius 1 is 1.46 bits per heavy atom. The van der Waals surface area contributed by atoms with Crippen molar-refractivity contribution in [2.75, 3.05) is 0 Å². The summed E-state index contributed by atoms with van der Waals surface area (Å²) in [7, 11) is 0. The zero-order valence-electron chi connectivity index (χ0n) is 7.95. The van der Waals surface area contributed by atoms with Crippen molar-refractivity contribution in [3.8, 4) is 0 Å². The number of hydrogen-bond donors (Lipinski definition) is 0. The zero-order valence-corrected chi connectivity index (χ0v) is 7.95. The van der Waals surface area contributed by atoms with E-state index in [4.69, 9.17) is 0 Å². The molecule has 0 bridgehead atoms. The standard InChI is InChI=1S/C11H13NO/c1-6-3-10-9-5-8(9)7(2)12(10)11(13)4-6/h3-4,7-9H,5H2,1-2H3. The molecule has 1 aliphatic carbocycles. The quantitative estimate of drug-likeness (QED) is 0.589. The smallest absolute Gasteiger partial charge is 0.251 e. The summed E-state index contributed by atoms with van der Waals surface area (Å²) in [6.07, 6.45) is 1.30. The molecule has 0 aromatic carbocycles. The maximum absolute atomic E-state index is 11.7. The topological polar surface area (TPSA) is 22.0 Å². The van der Waals surface area contributed by atoms with Crippen molar-refractivity contribution >= 4 is 0 Å². The minimum absolute atomic E-state index is 0.190. The van der Waals surface area contributed by atoms with E-state index < -0.39 is 0 Å². The number of hydrogen-bond acceptors (Lipinski definition) is 1. The van der Waals surface area contributed by atoms with Gasteiger partial charge in [0.05, 0.1) is 0 Å². The van der Waals surface area contributed by atoms with Gasteiger partial charge in [-0.25, -0.2) is 0 Å². The molecule has 0 N–H and O–H groups in total. The van der Waals surface area contributed by atoms with E-state index in [0.717, 1.165) is 11.5 Å². The van der Waals surface area contributed by atoms with Crippen LogP contribution in [0.3, 0.4) is 0 Å². The van der Waals surface area contributed by atoms with Gasteiger partial charge in [-0.2, -0.15) is 0 Å². The molecule has 1 aliphatic heterocycles. The third kappa shape index (κ3) is 0.808. The Morgan fingerprint density at radius 2 is 2.23 bits per heavy atom. The largest absolute Gasteiger partial charge is 0.309 e. The molecule has 3 rings (SSSR count). The van der Waals surface area contributed by atoms with E-state index in [1.807, 2.05) is 11.5 Å². The number of aryl methyl sites for hydroxylation is 1. The van der Waals surface area contributed by atoms with Crippen molar-refractivity contribution in [3.05, 3.63) is 33.7 Å². The lowest BCUT2D eigenvalue weighted by atomic mass is 10.2. The van der Waals surface area contributed by atoms with Gasteiger partial charge in [0, 0.05) is 23.7 Å². The van der Waals surface area contributed by atoms with Gasteiger partial charge >= 0.3 is 0 Å². The maximum Gasteiger partial charge on any atom is 0.251 e. The van der Waals surface area contributed by atoms with Gasteiger partial charge < -0.3 is 4.57 Å². The summed E-state index contributed by atoms with van der Waals surface area (Å²) < 4.78 is 1.98. The lowest BCUT2D eigenvalue weighted by Crippen LogP contribution is -2.23. The highest BCUT2D eigenvalue weighted by atomic mass is 16.1. The summed E-state index contributed by atoms with van der Waals surface area (Å²) in [5.74, 6) is 1.46. The summed E-state index contributed by atoms with van der Waals surface area (Å²) in [5, 5.41) is 0. The molecule has 0 spiro atoms. The second kappa shape index (κ2) is 2.06. The maximum atomic E-state index is 11.7. The van der Waals surface area contributed by atoms with Crippen LogP contribution in [0.1, 0.15) is 36.6 Å². The molecule has 0 radical (unpaired) electrons. The fourth-order valence-corrected chi connectivity index (χ4v) is 2.74. The summed E-state index contributed by atoms with van der Waals surface area (Å²) >= 11 is 0. The van der Waals surface area contributed by atoms with Crippen molar-refractivity contribution in [1.82, 2.24) is 4.57 Å². The van der Waals surface area contributed by atoms with Crippen LogP contribution in [0.25, 0.3) is 0 Å². The Balaban J connectivity index is 2.31. The van der Waals surface area contributed by atoms with E-state index >= 15 is 0 Å². The third-order valence-electron chi connectivity index (χ3n) is 3.49. The number of nitrogens with zero attached hydrogens (tertiary/aromatic N) is 1. The first-order chi connectivity index (χ1) is 6.18. The summed E-state index contributed by atoms with van der Waals surface area (Å²) in [4.78, 5) is 11.7. The number of pyridine rings is 1. The average Bonchev–Trinajstić information content (AvgIpc) is 2.75. The number of rotatable bonds is 0. The van der Waals surface area contributed by atoms with Crippen LogP contribution in [-0.4, -0.2) is 4.57 Å². The van der Waals surface area contributed by atoms with Crippen molar-refractivity contribution in [2.24, 2.45) is 5.92 Å². The Morgan fingerprint density at radius 3 is 3.00 bits per heavy atom. The zero-order chi connectivity index (χ0) is 9.16. The molecule has 0 amide bonds. The highest BCUT2D eigenvalue weighted by Crippen LogP contribution is 2.58. The second-order valence-corrected chi connectivity index (χ2v) is 4.41. The molecular formula is C11H13NO. The van der Waals surface area contributed by atoms with Crippen LogP contribution in [0.2, 0.25) is 0 Å². The van der Waals surface area contributed by atoms with Crippen LogP contribution in [0.5, 0.6) is 0 Å². The molecule has 1 fully saturated rings. The van der Waals surface area contributed by atoms with Crippen LogP contribution >= 0.6 is 0 Å². The molecule has 68 valence electrons. The molecule has 1 aromatic heterocycles. The number of aromatic nitrogens is 1.